The molecule has 2 heterocycles. The zero-order valence-corrected chi connectivity index (χ0v) is 17.3. The number of alkyl halides is 3. The molecule has 8 nitrogen and oxygen atoms in total. The number of aliphatic hydroxyl groups is 1. The number of fused-ring (bicyclic) bond motifs is 1. The van der Waals surface area contributed by atoms with Gasteiger partial charge < -0.3 is 15.2 Å². The monoisotopic (exact) mass is 449 g/mol. The number of carbonyl (C=O) groups excluding carboxylic acids is 1. The Labute approximate surface area is 181 Å². The Kier molecular flexibility index (Phi) is 6.00. The van der Waals surface area contributed by atoms with Crippen LogP contribution in [0.2, 0.25) is 0 Å². The van der Waals surface area contributed by atoms with E-state index in [0.29, 0.717) is 16.8 Å². The molecule has 0 aliphatic heterocycles. The average Bonchev–Trinajstić information content (AvgIpc) is 3.20. The molecule has 2 N–H and O–H groups in total. The fraction of sp³-hybridized carbons (Fsp3) is 0.429. The molecule has 2 aromatic heterocycles. The number of nitrogens with zero attached hydrogens (tertiary/aromatic N) is 4. The second kappa shape index (κ2) is 8.73. The Morgan fingerprint density at radius 3 is 2.69 bits per heavy atom. The summed E-state index contributed by atoms with van der Waals surface area (Å²) in [4.78, 5) is 19.4. The Morgan fingerprint density at radius 2 is 2.03 bits per heavy atom. The molecule has 0 saturated heterocycles. The molecule has 4 rings (SSSR count). The topological polar surface area (TPSA) is 102 Å². The Bertz CT molecular complexity index is 1120. The number of carbonyl (C=O) groups is 1. The Balaban J connectivity index is 1.61. The van der Waals surface area contributed by atoms with E-state index in [1.54, 1.807) is 12.1 Å². The summed E-state index contributed by atoms with van der Waals surface area (Å²) in [6, 6.07) is 3.45. The van der Waals surface area contributed by atoms with E-state index in [0.717, 1.165) is 38.2 Å². The third-order valence-electron chi connectivity index (χ3n) is 5.77. The number of halogens is 3. The van der Waals surface area contributed by atoms with Gasteiger partial charge in [-0.15, -0.1) is 0 Å². The largest absolute Gasteiger partial charge is 0.494 e. The van der Waals surface area contributed by atoms with Gasteiger partial charge in [-0.25, -0.2) is 9.97 Å². The number of amides is 1. The first kappa shape index (κ1) is 22.0. The van der Waals surface area contributed by atoms with Gasteiger partial charge in [0.15, 0.2) is 5.69 Å². The van der Waals surface area contributed by atoms with Crippen LogP contribution in [0.25, 0.3) is 10.9 Å². The lowest BCUT2D eigenvalue weighted by molar-refractivity contribution is -0.141. The Morgan fingerprint density at radius 1 is 1.28 bits per heavy atom. The lowest BCUT2D eigenvalue weighted by atomic mass is 9.87. The van der Waals surface area contributed by atoms with Crippen molar-refractivity contribution in [1.29, 1.82) is 0 Å². The van der Waals surface area contributed by atoms with Crippen molar-refractivity contribution >= 4 is 22.5 Å². The van der Waals surface area contributed by atoms with Gasteiger partial charge in [0.2, 0.25) is 0 Å². The summed E-state index contributed by atoms with van der Waals surface area (Å²) in [5, 5.41) is 17.1. The summed E-state index contributed by atoms with van der Waals surface area (Å²) in [6.07, 6.45) is 2.26. The minimum absolute atomic E-state index is 0.191. The lowest BCUT2D eigenvalue weighted by Crippen LogP contribution is -2.20. The van der Waals surface area contributed by atoms with E-state index in [2.05, 4.69) is 20.4 Å². The van der Waals surface area contributed by atoms with Crippen molar-refractivity contribution < 1.29 is 27.8 Å². The van der Waals surface area contributed by atoms with Crippen molar-refractivity contribution in [3.63, 3.8) is 0 Å². The van der Waals surface area contributed by atoms with Crippen molar-refractivity contribution in [2.24, 2.45) is 5.92 Å². The van der Waals surface area contributed by atoms with Crippen LogP contribution in [-0.4, -0.2) is 44.5 Å². The van der Waals surface area contributed by atoms with Crippen LogP contribution in [0.4, 0.5) is 18.9 Å². The number of benzene rings is 1. The van der Waals surface area contributed by atoms with Crippen LogP contribution in [0.5, 0.6) is 5.75 Å². The maximum absolute atomic E-state index is 13.2. The molecule has 0 spiro atoms. The van der Waals surface area contributed by atoms with Gasteiger partial charge >= 0.3 is 6.18 Å². The summed E-state index contributed by atoms with van der Waals surface area (Å²) < 4.78 is 46.8. The van der Waals surface area contributed by atoms with Crippen molar-refractivity contribution in [3.05, 3.63) is 42.1 Å². The summed E-state index contributed by atoms with van der Waals surface area (Å²) in [5.74, 6) is -0.405. The zero-order valence-electron chi connectivity index (χ0n) is 17.3. The number of aliphatic hydroxyl groups excluding tert-OH is 1. The quantitative estimate of drug-likeness (QED) is 0.614. The van der Waals surface area contributed by atoms with Crippen molar-refractivity contribution in [2.45, 2.75) is 37.9 Å². The van der Waals surface area contributed by atoms with Crippen LogP contribution in [0.1, 0.15) is 47.8 Å². The second-order valence-electron chi connectivity index (χ2n) is 7.81. The number of aromatic nitrogens is 4. The highest BCUT2D eigenvalue weighted by Gasteiger charge is 2.37. The number of nitrogens with one attached hydrogen (secondary N) is 1. The van der Waals surface area contributed by atoms with Gasteiger partial charge in [-0.1, -0.05) is 0 Å². The summed E-state index contributed by atoms with van der Waals surface area (Å²) in [6.45, 7) is 0.191. The van der Waals surface area contributed by atoms with Gasteiger partial charge in [-0.2, -0.15) is 18.3 Å². The van der Waals surface area contributed by atoms with Gasteiger partial charge in [-0.05, 0) is 37.7 Å². The second-order valence-corrected chi connectivity index (χ2v) is 7.81. The summed E-state index contributed by atoms with van der Waals surface area (Å²) in [7, 11) is 1.40. The molecule has 0 atom stereocenters. The van der Waals surface area contributed by atoms with Crippen LogP contribution in [-0.2, 0) is 6.18 Å². The van der Waals surface area contributed by atoms with E-state index in [1.807, 2.05) is 10.9 Å². The van der Waals surface area contributed by atoms with E-state index in [9.17, 15) is 23.1 Å². The molecule has 1 fully saturated rings. The number of ether oxygens (including phenoxy) is 1. The minimum atomic E-state index is -4.79. The zero-order chi connectivity index (χ0) is 22.9. The molecule has 11 heteroatoms. The smallest absolute Gasteiger partial charge is 0.434 e. The lowest BCUT2D eigenvalue weighted by Gasteiger charge is -2.27. The molecule has 1 amide bonds. The molecule has 1 aliphatic rings. The SMILES string of the molecule is COc1cc2nn(C3CCC(CO)CC3)cc2cc1NC(=O)c1cncnc1C(F)(F)F. The fourth-order valence-corrected chi connectivity index (χ4v) is 4.03. The van der Waals surface area contributed by atoms with Gasteiger partial charge in [0.25, 0.3) is 5.91 Å². The van der Waals surface area contributed by atoms with Crippen LogP contribution in [0.3, 0.4) is 0 Å². The number of rotatable bonds is 5. The average molecular weight is 449 g/mol. The first-order valence-electron chi connectivity index (χ1n) is 10.2. The highest BCUT2D eigenvalue weighted by molar-refractivity contribution is 6.06. The molecule has 1 saturated carbocycles. The molecule has 32 heavy (non-hydrogen) atoms. The van der Waals surface area contributed by atoms with Gasteiger partial charge in [0.05, 0.1) is 29.9 Å². The molecular formula is C21H22F3N5O3. The normalized spacial score (nSPS) is 19.2. The summed E-state index contributed by atoms with van der Waals surface area (Å²) in [5.41, 5.74) is -1.14. The third kappa shape index (κ3) is 4.38. The number of anilines is 1. The fourth-order valence-electron chi connectivity index (χ4n) is 4.03. The molecule has 3 aromatic rings. The van der Waals surface area contributed by atoms with E-state index in [4.69, 9.17) is 4.74 Å². The van der Waals surface area contributed by atoms with Gasteiger partial charge in [-0.3, -0.25) is 9.48 Å². The minimum Gasteiger partial charge on any atom is -0.494 e. The van der Waals surface area contributed by atoms with E-state index < -0.39 is 23.3 Å². The summed E-state index contributed by atoms with van der Waals surface area (Å²) >= 11 is 0. The Hall–Kier alpha value is -3.21. The van der Waals surface area contributed by atoms with E-state index in [-0.39, 0.29) is 24.1 Å². The molecular weight excluding hydrogens is 427 g/mol. The number of hydrogen-bond donors (Lipinski definition) is 2. The first-order chi connectivity index (χ1) is 15.3. The molecule has 0 radical (unpaired) electrons. The van der Waals surface area contributed by atoms with Crippen molar-refractivity contribution in [1.82, 2.24) is 19.7 Å². The number of hydrogen-bond acceptors (Lipinski definition) is 6. The third-order valence-corrected chi connectivity index (χ3v) is 5.77. The highest BCUT2D eigenvalue weighted by atomic mass is 19.4. The highest BCUT2D eigenvalue weighted by Crippen LogP contribution is 2.35. The van der Waals surface area contributed by atoms with Crippen LogP contribution in [0, 0.1) is 5.92 Å². The van der Waals surface area contributed by atoms with Crippen molar-refractivity contribution in [2.75, 3.05) is 19.0 Å². The van der Waals surface area contributed by atoms with Crippen LogP contribution >= 0.6 is 0 Å². The van der Waals surface area contributed by atoms with Crippen LogP contribution < -0.4 is 10.1 Å². The van der Waals surface area contributed by atoms with Gasteiger partial charge in [0, 0.05) is 30.5 Å². The van der Waals surface area contributed by atoms with Gasteiger partial charge in [0.1, 0.15) is 12.1 Å². The molecule has 1 aliphatic carbocycles. The molecule has 0 unspecified atom stereocenters. The molecule has 0 bridgehead atoms. The predicted molar refractivity (Wildman–Crippen MR) is 109 cm³/mol. The molecule has 1 aromatic carbocycles. The molecule has 170 valence electrons. The van der Waals surface area contributed by atoms with E-state index >= 15 is 0 Å². The van der Waals surface area contributed by atoms with Crippen LogP contribution in [0.15, 0.2) is 30.9 Å². The maximum atomic E-state index is 13.2. The number of methoxy groups -OCH3 is 1. The maximum Gasteiger partial charge on any atom is 0.434 e. The van der Waals surface area contributed by atoms with Crippen molar-refractivity contribution in [3.8, 4) is 5.75 Å². The first-order valence-corrected chi connectivity index (χ1v) is 10.2. The van der Waals surface area contributed by atoms with E-state index in [1.165, 1.54) is 7.11 Å². The standard InChI is InChI=1S/C21H22F3N5O3/c1-32-18-7-16-13(9-29(28-16)14-4-2-12(10-30)3-5-14)6-17(18)27-20(31)15-8-25-11-26-19(15)21(22,23)24/h6-9,11-12,14,30H,2-5,10H2,1H3,(H,27,31). The predicted octanol–water partition coefficient (Wildman–Crippen LogP) is 3.83.